The van der Waals surface area contributed by atoms with Crippen molar-refractivity contribution >= 4 is 37.6 Å². The first-order valence-electron chi connectivity index (χ1n) is 6.73. The van der Waals surface area contributed by atoms with E-state index in [4.69, 9.17) is 9.84 Å². The molecule has 0 radical (unpaired) electrons. The van der Waals surface area contributed by atoms with Crippen molar-refractivity contribution in [1.29, 1.82) is 0 Å². The average Bonchev–Trinajstić information content (AvgIpc) is 2.48. The molecule has 128 valence electrons. The van der Waals surface area contributed by atoms with Crippen molar-refractivity contribution in [1.82, 2.24) is 0 Å². The SMILES string of the molecule is CCOc1ccccc1NS(=O)(=O)c1cc(C(=O)O)c(F)cc1Br. The summed E-state index contributed by atoms with van der Waals surface area (Å²) >= 11 is 2.95. The fourth-order valence-electron chi connectivity index (χ4n) is 1.93. The summed E-state index contributed by atoms with van der Waals surface area (Å²) in [5, 5.41) is 8.96. The Balaban J connectivity index is 2.49. The highest BCUT2D eigenvalue weighted by Gasteiger charge is 2.24. The second kappa shape index (κ2) is 7.18. The Morgan fingerprint density at radius 3 is 2.62 bits per heavy atom. The first-order valence-corrected chi connectivity index (χ1v) is 9.01. The summed E-state index contributed by atoms with van der Waals surface area (Å²) in [6.45, 7) is 2.09. The lowest BCUT2D eigenvalue weighted by molar-refractivity contribution is 0.0691. The van der Waals surface area contributed by atoms with Crippen LogP contribution in [0.2, 0.25) is 0 Å². The highest BCUT2D eigenvalue weighted by Crippen LogP contribution is 2.30. The van der Waals surface area contributed by atoms with Crippen LogP contribution >= 0.6 is 15.9 Å². The minimum Gasteiger partial charge on any atom is -0.492 e. The number of benzene rings is 2. The maximum absolute atomic E-state index is 13.6. The van der Waals surface area contributed by atoms with Gasteiger partial charge in [0.15, 0.2) is 0 Å². The number of carbonyl (C=O) groups is 1. The lowest BCUT2D eigenvalue weighted by Crippen LogP contribution is -2.16. The van der Waals surface area contributed by atoms with E-state index in [9.17, 15) is 17.6 Å². The van der Waals surface area contributed by atoms with Crippen molar-refractivity contribution in [2.75, 3.05) is 11.3 Å². The van der Waals surface area contributed by atoms with Gasteiger partial charge in [0.1, 0.15) is 16.5 Å². The third-order valence-corrected chi connectivity index (χ3v) is 5.30. The van der Waals surface area contributed by atoms with Crippen LogP contribution in [0, 0.1) is 5.82 Å². The quantitative estimate of drug-likeness (QED) is 0.750. The molecule has 0 bridgehead atoms. The minimum atomic E-state index is -4.16. The molecule has 2 aromatic rings. The Morgan fingerprint density at radius 2 is 2.00 bits per heavy atom. The predicted molar refractivity (Wildman–Crippen MR) is 89.5 cm³/mol. The van der Waals surface area contributed by atoms with Crippen LogP contribution < -0.4 is 9.46 Å². The molecule has 0 aliphatic rings. The van der Waals surface area contributed by atoms with Crippen LogP contribution in [0.4, 0.5) is 10.1 Å². The van der Waals surface area contributed by atoms with Crippen molar-refractivity contribution in [3.05, 3.63) is 52.3 Å². The van der Waals surface area contributed by atoms with Gasteiger partial charge in [0.25, 0.3) is 10.0 Å². The number of carboxylic acids is 1. The number of hydrogen-bond acceptors (Lipinski definition) is 4. The fourth-order valence-corrected chi connectivity index (χ4v) is 4.04. The van der Waals surface area contributed by atoms with Gasteiger partial charge in [-0.2, -0.15) is 0 Å². The summed E-state index contributed by atoms with van der Waals surface area (Å²) in [4.78, 5) is 10.6. The number of sulfonamides is 1. The van der Waals surface area contributed by atoms with Crippen molar-refractivity contribution in [3.63, 3.8) is 0 Å². The highest BCUT2D eigenvalue weighted by molar-refractivity contribution is 9.10. The molecule has 2 rings (SSSR count). The van der Waals surface area contributed by atoms with Gasteiger partial charge in [0.2, 0.25) is 0 Å². The summed E-state index contributed by atoms with van der Waals surface area (Å²) < 4.78 is 46.3. The third kappa shape index (κ3) is 3.85. The van der Waals surface area contributed by atoms with Crippen molar-refractivity contribution < 1.29 is 27.4 Å². The molecule has 0 saturated carbocycles. The molecule has 2 N–H and O–H groups in total. The van der Waals surface area contributed by atoms with Crippen LogP contribution in [0.5, 0.6) is 5.75 Å². The van der Waals surface area contributed by atoms with Crippen molar-refractivity contribution in [2.45, 2.75) is 11.8 Å². The molecule has 6 nitrogen and oxygen atoms in total. The molecule has 0 saturated heterocycles. The number of rotatable bonds is 6. The molecule has 0 unspecified atom stereocenters. The van der Waals surface area contributed by atoms with E-state index >= 15 is 0 Å². The number of halogens is 2. The zero-order valence-corrected chi connectivity index (χ0v) is 14.8. The normalized spacial score (nSPS) is 11.1. The van der Waals surface area contributed by atoms with Crippen LogP contribution in [0.25, 0.3) is 0 Å². The second-order valence-electron chi connectivity index (χ2n) is 4.60. The van der Waals surface area contributed by atoms with E-state index in [1.54, 1.807) is 25.1 Å². The molecule has 0 heterocycles. The molecule has 0 fully saturated rings. The van der Waals surface area contributed by atoms with E-state index in [-0.39, 0.29) is 10.2 Å². The Kier molecular flexibility index (Phi) is 5.45. The molecule has 0 aliphatic carbocycles. The molecule has 0 aliphatic heterocycles. The van der Waals surface area contributed by atoms with Gasteiger partial charge in [0, 0.05) is 4.47 Å². The smallest absolute Gasteiger partial charge is 0.338 e. The number of ether oxygens (including phenoxy) is 1. The van der Waals surface area contributed by atoms with E-state index in [1.165, 1.54) is 6.07 Å². The minimum absolute atomic E-state index is 0.0913. The van der Waals surface area contributed by atoms with Gasteiger partial charge in [-0.1, -0.05) is 12.1 Å². The molecular weight excluding hydrogens is 405 g/mol. The van der Waals surface area contributed by atoms with E-state index in [0.29, 0.717) is 12.4 Å². The monoisotopic (exact) mass is 417 g/mol. The van der Waals surface area contributed by atoms with E-state index in [1.807, 2.05) is 0 Å². The largest absolute Gasteiger partial charge is 0.492 e. The summed E-state index contributed by atoms with van der Waals surface area (Å²) in [5.74, 6) is -2.28. The van der Waals surface area contributed by atoms with Gasteiger partial charge >= 0.3 is 5.97 Å². The van der Waals surface area contributed by atoms with Gasteiger partial charge < -0.3 is 9.84 Å². The number of para-hydroxylation sites is 2. The summed E-state index contributed by atoms with van der Waals surface area (Å²) in [7, 11) is -4.16. The highest BCUT2D eigenvalue weighted by atomic mass is 79.9. The Bertz CT molecular complexity index is 885. The van der Waals surface area contributed by atoms with Crippen LogP contribution in [0.3, 0.4) is 0 Å². The van der Waals surface area contributed by atoms with E-state index in [2.05, 4.69) is 20.7 Å². The summed E-state index contributed by atoms with van der Waals surface area (Å²) in [6.07, 6.45) is 0. The summed E-state index contributed by atoms with van der Waals surface area (Å²) in [6, 6.07) is 7.93. The molecule has 9 heteroatoms. The molecule has 0 aromatic heterocycles. The van der Waals surface area contributed by atoms with Gasteiger partial charge in [-0.05, 0) is 47.1 Å². The van der Waals surface area contributed by atoms with Gasteiger partial charge in [-0.25, -0.2) is 17.6 Å². The zero-order chi connectivity index (χ0) is 17.9. The molecule has 0 atom stereocenters. The number of nitrogens with one attached hydrogen (secondary N) is 1. The number of carboxylic acid groups (broad SMARTS) is 1. The molecule has 0 spiro atoms. The fraction of sp³-hybridized carbons (Fsp3) is 0.133. The standard InChI is InChI=1S/C15H13BrFNO5S/c1-2-23-13-6-4-3-5-12(13)18-24(21,22)14-7-9(15(19)20)11(17)8-10(14)16/h3-8,18H,2H2,1H3,(H,19,20). The number of hydrogen-bond donors (Lipinski definition) is 2. The molecular formula is C15H13BrFNO5S. The molecule has 0 amide bonds. The van der Waals surface area contributed by atoms with Gasteiger partial charge in [-0.3, -0.25) is 4.72 Å². The van der Waals surface area contributed by atoms with Crippen molar-refractivity contribution in [2.24, 2.45) is 0 Å². The topological polar surface area (TPSA) is 92.7 Å². The van der Waals surface area contributed by atoms with E-state index < -0.39 is 32.3 Å². The van der Waals surface area contributed by atoms with Crippen molar-refractivity contribution in [3.8, 4) is 5.75 Å². The lowest BCUT2D eigenvalue weighted by Gasteiger charge is -2.14. The second-order valence-corrected chi connectivity index (χ2v) is 7.11. The van der Waals surface area contributed by atoms with Crippen LogP contribution in [-0.4, -0.2) is 26.1 Å². The van der Waals surface area contributed by atoms with Crippen LogP contribution in [0.1, 0.15) is 17.3 Å². The number of aromatic carboxylic acids is 1. The molecule has 2 aromatic carbocycles. The first kappa shape index (κ1) is 18.2. The maximum Gasteiger partial charge on any atom is 0.338 e. The van der Waals surface area contributed by atoms with Crippen LogP contribution in [0.15, 0.2) is 45.8 Å². The Hall–Kier alpha value is -2.13. The lowest BCUT2D eigenvalue weighted by atomic mass is 10.2. The third-order valence-electron chi connectivity index (χ3n) is 2.97. The Labute approximate surface area is 146 Å². The predicted octanol–water partition coefficient (Wildman–Crippen LogP) is 3.49. The van der Waals surface area contributed by atoms with Gasteiger partial charge in [0.05, 0.1) is 17.9 Å². The Morgan fingerprint density at radius 1 is 1.33 bits per heavy atom. The molecule has 24 heavy (non-hydrogen) atoms. The van der Waals surface area contributed by atoms with E-state index in [0.717, 1.165) is 12.1 Å². The maximum atomic E-state index is 13.6. The first-order chi connectivity index (χ1) is 11.3. The summed E-state index contributed by atoms with van der Waals surface area (Å²) in [5.41, 5.74) is -0.552. The van der Waals surface area contributed by atoms with Gasteiger partial charge in [-0.15, -0.1) is 0 Å². The zero-order valence-electron chi connectivity index (χ0n) is 12.4. The number of anilines is 1. The average molecular weight is 418 g/mol. The van der Waals surface area contributed by atoms with Crippen LogP contribution in [-0.2, 0) is 10.0 Å².